The van der Waals surface area contributed by atoms with Crippen molar-refractivity contribution in [2.45, 2.75) is 0 Å². The lowest BCUT2D eigenvalue weighted by molar-refractivity contribution is 0.0641. The number of hydrogen-bond acceptors (Lipinski definition) is 4. The van der Waals surface area contributed by atoms with Gasteiger partial charge in [0, 0.05) is 38.3 Å². The van der Waals surface area contributed by atoms with E-state index in [1.165, 1.54) is 5.56 Å². The molecule has 0 bridgehead atoms. The molecule has 3 aromatic carbocycles. The van der Waals surface area contributed by atoms with Gasteiger partial charge in [-0.05, 0) is 42.0 Å². The second-order valence-electron chi connectivity index (χ2n) is 8.91. The maximum Gasteiger partial charge on any atom is 0.272 e. The highest BCUT2D eigenvalue weighted by molar-refractivity contribution is 6.33. The highest BCUT2D eigenvalue weighted by atomic mass is 35.5. The predicted molar refractivity (Wildman–Crippen MR) is 148 cm³/mol. The molecular formula is C30H29ClN4O2. The van der Waals surface area contributed by atoms with E-state index in [1.807, 2.05) is 77.7 Å². The third-order valence-corrected chi connectivity index (χ3v) is 6.86. The maximum absolute atomic E-state index is 13.7. The molecule has 0 radical (unpaired) electrons. The minimum Gasteiger partial charge on any atom is -0.497 e. The van der Waals surface area contributed by atoms with Crippen LogP contribution >= 0.6 is 11.6 Å². The standard InChI is InChI=1S/C30H29ClN4O2/c1-37-25-15-13-24(14-16-25)35-29(22-28(32-35)26-11-5-6-12-27(26)31)30(36)34-20-18-33(19-21-34)17-7-10-23-8-3-2-4-9-23/h2-16,22H,17-21H2,1H3. The summed E-state index contributed by atoms with van der Waals surface area (Å²) in [5.41, 5.74) is 3.94. The predicted octanol–water partition coefficient (Wildman–Crippen LogP) is 5.67. The van der Waals surface area contributed by atoms with Gasteiger partial charge < -0.3 is 9.64 Å². The second-order valence-corrected chi connectivity index (χ2v) is 9.32. The second kappa shape index (κ2) is 11.5. The van der Waals surface area contributed by atoms with Crippen LogP contribution in [0.25, 0.3) is 23.0 Å². The topological polar surface area (TPSA) is 50.6 Å². The number of aromatic nitrogens is 2. The first-order valence-electron chi connectivity index (χ1n) is 12.3. The van der Waals surface area contributed by atoms with Gasteiger partial charge in [0.05, 0.1) is 23.5 Å². The van der Waals surface area contributed by atoms with Crippen LogP contribution in [-0.4, -0.2) is 65.3 Å². The molecule has 4 aromatic rings. The zero-order chi connectivity index (χ0) is 25.6. The third-order valence-electron chi connectivity index (χ3n) is 6.53. The van der Waals surface area contributed by atoms with Gasteiger partial charge >= 0.3 is 0 Å². The first-order chi connectivity index (χ1) is 18.1. The fourth-order valence-corrected chi connectivity index (χ4v) is 4.68. The Morgan fingerprint density at radius 2 is 1.65 bits per heavy atom. The van der Waals surface area contributed by atoms with Crippen molar-refractivity contribution in [2.24, 2.45) is 0 Å². The van der Waals surface area contributed by atoms with Gasteiger partial charge in [0.25, 0.3) is 5.91 Å². The molecule has 0 spiro atoms. The van der Waals surface area contributed by atoms with Crippen LogP contribution in [0.1, 0.15) is 16.1 Å². The summed E-state index contributed by atoms with van der Waals surface area (Å²) in [4.78, 5) is 18.0. The molecule has 1 aliphatic heterocycles. The van der Waals surface area contributed by atoms with Crippen LogP contribution in [0.5, 0.6) is 5.75 Å². The van der Waals surface area contributed by atoms with Crippen molar-refractivity contribution in [1.82, 2.24) is 19.6 Å². The largest absolute Gasteiger partial charge is 0.497 e. The fraction of sp³-hybridized carbons (Fsp3) is 0.200. The summed E-state index contributed by atoms with van der Waals surface area (Å²) in [7, 11) is 1.63. The number of nitrogens with zero attached hydrogens (tertiary/aromatic N) is 4. The van der Waals surface area contributed by atoms with Crippen LogP contribution in [0.4, 0.5) is 0 Å². The zero-order valence-electron chi connectivity index (χ0n) is 20.8. The number of halogens is 1. The average Bonchev–Trinajstić information content (AvgIpc) is 3.39. The molecular weight excluding hydrogens is 484 g/mol. The number of ether oxygens (including phenoxy) is 1. The molecule has 1 aliphatic rings. The summed E-state index contributed by atoms with van der Waals surface area (Å²) in [6.07, 6.45) is 4.32. The number of benzene rings is 3. The Bertz CT molecular complexity index is 1370. The van der Waals surface area contributed by atoms with Gasteiger partial charge in [-0.1, -0.05) is 72.3 Å². The number of carbonyl (C=O) groups is 1. The number of carbonyl (C=O) groups excluding carboxylic acids is 1. The quantitative estimate of drug-likeness (QED) is 0.320. The molecule has 0 saturated carbocycles. The summed E-state index contributed by atoms with van der Waals surface area (Å²) in [6, 6.07) is 27.2. The van der Waals surface area contributed by atoms with Gasteiger partial charge in [-0.25, -0.2) is 4.68 Å². The molecule has 6 nitrogen and oxygen atoms in total. The molecule has 7 heteroatoms. The first-order valence-corrected chi connectivity index (χ1v) is 12.7. The molecule has 188 valence electrons. The number of methoxy groups -OCH3 is 1. The minimum atomic E-state index is -0.0406. The SMILES string of the molecule is COc1ccc(-n2nc(-c3ccccc3Cl)cc2C(=O)N2CCN(CC=Cc3ccccc3)CC2)cc1. The smallest absolute Gasteiger partial charge is 0.272 e. The molecule has 0 aliphatic carbocycles. The first kappa shape index (κ1) is 24.8. The van der Waals surface area contributed by atoms with E-state index in [1.54, 1.807) is 11.8 Å². The van der Waals surface area contributed by atoms with Crippen molar-refractivity contribution in [2.75, 3.05) is 39.8 Å². The van der Waals surface area contributed by atoms with Crippen LogP contribution in [0.3, 0.4) is 0 Å². The third kappa shape index (κ3) is 5.77. The summed E-state index contributed by atoms with van der Waals surface area (Å²) >= 11 is 6.46. The van der Waals surface area contributed by atoms with E-state index in [-0.39, 0.29) is 5.91 Å². The van der Waals surface area contributed by atoms with Gasteiger partial charge in [0.1, 0.15) is 11.4 Å². The van der Waals surface area contributed by atoms with Crippen molar-refractivity contribution >= 4 is 23.6 Å². The average molecular weight is 513 g/mol. The molecule has 1 fully saturated rings. The Balaban J connectivity index is 1.34. The van der Waals surface area contributed by atoms with Crippen molar-refractivity contribution in [3.63, 3.8) is 0 Å². The van der Waals surface area contributed by atoms with Crippen molar-refractivity contribution < 1.29 is 9.53 Å². The number of hydrogen-bond donors (Lipinski definition) is 0. The summed E-state index contributed by atoms with van der Waals surface area (Å²) in [5.74, 6) is 0.702. The van der Waals surface area contributed by atoms with Gasteiger partial charge in [0.15, 0.2) is 0 Å². The Morgan fingerprint density at radius 1 is 0.946 bits per heavy atom. The van der Waals surface area contributed by atoms with Crippen molar-refractivity contribution in [1.29, 1.82) is 0 Å². The van der Waals surface area contributed by atoms with E-state index in [0.717, 1.165) is 36.6 Å². The monoisotopic (exact) mass is 512 g/mol. The Labute approximate surface area is 222 Å². The lowest BCUT2D eigenvalue weighted by Gasteiger charge is -2.34. The van der Waals surface area contributed by atoms with E-state index in [0.29, 0.717) is 29.5 Å². The molecule has 0 unspecified atom stereocenters. The maximum atomic E-state index is 13.7. The molecule has 0 N–H and O–H groups in total. The summed E-state index contributed by atoms with van der Waals surface area (Å²) < 4.78 is 7.00. The summed E-state index contributed by atoms with van der Waals surface area (Å²) in [6.45, 7) is 3.82. The van der Waals surface area contributed by atoms with E-state index >= 15 is 0 Å². The highest BCUT2D eigenvalue weighted by Crippen LogP contribution is 2.29. The number of piperazine rings is 1. The van der Waals surface area contributed by atoms with Crippen LogP contribution < -0.4 is 4.74 Å². The molecule has 1 amide bonds. The van der Waals surface area contributed by atoms with E-state index in [4.69, 9.17) is 21.4 Å². The molecule has 5 rings (SSSR count). The minimum absolute atomic E-state index is 0.0406. The van der Waals surface area contributed by atoms with Crippen LogP contribution in [0.2, 0.25) is 5.02 Å². The molecule has 2 heterocycles. The highest BCUT2D eigenvalue weighted by Gasteiger charge is 2.26. The van der Waals surface area contributed by atoms with Crippen molar-refractivity contribution in [3.05, 3.63) is 107 Å². The van der Waals surface area contributed by atoms with Crippen LogP contribution in [0.15, 0.2) is 91.0 Å². The van der Waals surface area contributed by atoms with Crippen LogP contribution in [0, 0.1) is 0 Å². The van der Waals surface area contributed by atoms with Crippen molar-refractivity contribution in [3.8, 4) is 22.7 Å². The molecule has 1 aromatic heterocycles. The van der Waals surface area contributed by atoms with Gasteiger partial charge in [-0.15, -0.1) is 0 Å². The van der Waals surface area contributed by atoms with E-state index in [2.05, 4.69) is 29.2 Å². The molecule has 1 saturated heterocycles. The molecule has 37 heavy (non-hydrogen) atoms. The van der Waals surface area contributed by atoms with Gasteiger partial charge in [0.2, 0.25) is 0 Å². The van der Waals surface area contributed by atoms with E-state index in [9.17, 15) is 4.79 Å². The Morgan fingerprint density at radius 3 is 2.35 bits per heavy atom. The lowest BCUT2D eigenvalue weighted by atomic mass is 10.1. The van der Waals surface area contributed by atoms with Gasteiger partial charge in [-0.3, -0.25) is 9.69 Å². The van der Waals surface area contributed by atoms with E-state index < -0.39 is 0 Å². The summed E-state index contributed by atoms with van der Waals surface area (Å²) in [5, 5.41) is 5.39. The normalized spacial score (nSPS) is 14.3. The Kier molecular flexibility index (Phi) is 7.68. The van der Waals surface area contributed by atoms with Crippen LogP contribution in [-0.2, 0) is 0 Å². The zero-order valence-corrected chi connectivity index (χ0v) is 21.5. The molecule has 0 atom stereocenters. The Hall–Kier alpha value is -3.87. The number of amides is 1. The number of rotatable bonds is 7. The fourth-order valence-electron chi connectivity index (χ4n) is 4.45. The lowest BCUT2D eigenvalue weighted by Crippen LogP contribution is -2.49. The van der Waals surface area contributed by atoms with Gasteiger partial charge in [-0.2, -0.15) is 5.10 Å².